The molecule has 0 radical (unpaired) electrons. The number of halogens is 1. The van der Waals surface area contributed by atoms with Crippen LogP contribution in [0, 0.1) is 0 Å². The van der Waals surface area contributed by atoms with E-state index in [0.29, 0.717) is 17.1 Å². The molecule has 2 heterocycles. The molecule has 0 saturated carbocycles. The fourth-order valence-electron chi connectivity index (χ4n) is 3.21. The van der Waals surface area contributed by atoms with Gasteiger partial charge in [0, 0.05) is 39.8 Å². The molecule has 3 aromatic carbocycles. The molecule has 0 fully saturated rings. The Labute approximate surface area is 168 Å². The Morgan fingerprint density at radius 3 is 2.24 bits per heavy atom. The molecule has 0 saturated heterocycles. The lowest BCUT2D eigenvalue weighted by Gasteiger charge is -2.32. The molecule has 0 bridgehead atoms. The molecule has 1 unspecified atom stereocenters. The topological polar surface area (TPSA) is 58.7 Å². The van der Waals surface area contributed by atoms with Crippen molar-refractivity contribution in [3.63, 3.8) is 0 Å². The van der Waals surface area contributed by atoms with Gasteiger partial charge in [0.25, 0.3) is 0 Å². The van der Waals surface area contributed by atoms with Gasteiger partial charge in [0.1, 0.15) is 11.7 Å². The molecule has 3 aromatic rings. The van der Waals surface area contributed by atoms with Gasteiger partial charge in [-0.3, -0.25) is 9.69 Å². The van der Waals surface area contributed by atoms with Crippen LogP contribution in [0.2, 0.25) is 0 Å². The predicted molar refractivity (Wildman–Crippen MR) is 116 cm³/mol. The Bertz CT molecular complexity index is 1190. The van der Waals surface area contributed by atoms with E-state index < -0.39 is 0 Å². The average molecular weight is 385 g/mol. The number of hydrogen-bond donors (Lipinski definition) is 1. The minimum Gasteiger partial charge on any atom is -0.324 e. The normalized spacial score (nSPS) is 16.9. The fourth-order valence-corrected chi connectivity index (χ4v) is 3.21. The van der Waals surface area contributed by atoms with E-state index in [9.17, 15) is 9.18 Å². The minimum atomic E-state index is -0.348. The lowest BCUT2D eigenvalue weighted by molar-refractivity contribution is 0.595. The molecule has 144 valence electrons. The van der Waals surface area contributed by atoms with Gasteiger partial charge in [0.2, 0.25) is 0 Å². The fraction of sp³-hybridized carbons (Fsp3) is 0.0833. The van der Waals surface area contributed by atoms with E-state index in [-0.39, 0.29) is 17.3 Å². The van der Waals surface area contributed by atoms with Crippen LogP contribution in [0.3, 0.4) is 0 Å². The zero-order valence-electron chi connectivity index (χ0n) is 16.0. The van der Waals surface area contributed by atoms with Crippen LogP contribution in [0.15, 0.2) is 106 Å². The van der Waals surface area contributed by atoms with Crippen molar-refractivity contribution in [3.05, 3.63) is 112 Å². The second kappa shape index (κ2) is 7.45. The third-order valence-corrected chi connectivity index (χ3v) is 4.79. The molecule has 0 aromatic heterocycles. The van der Waals surface area contributed by atoms with Gasteiger partial charge in [-0.1, -0.05) is 61.2 Å². The Kier molecular flexibility index (Phi) is 4.82. The number of rotatable bonds is 2. The van der Waals surface area contributed by atoms with Gasteiger partial charge in [-0.2, -0.15) is 0 Å². The van der Waals surface area contributed by atoms with E-state index in [2.05, 4.69) is 11.6 Å². The predicted octanol–water partition coefficient (Wildman–Crippen LogP) is 4.43. The van der Waals surface area contributed by atoms with Crippen molar-refractivity contribution in [2.75, 3.05) is 0 Å². The highest BCUT2D eigenvalue weighted by Crippen LogP contribution is 2.31. The van der Waals surface area contributed by atoms with Gasteiger partial charge in [0.15, 0.2) is 5.43 Å². The van der Waals surface area contributed by atoms with Gasteiger partial charge in [0.05, 0.1) is 5.70 Å². The van der Waals surface area contributed by atoms with E-state index in [1.54, 1.807) is 4.90 Å². The third-order valence-electron chi connectivity index (χ3n) is 4.79. The number of aliphatic imine (C=N–C) groups is 1. The van der Waals surface area contributed by atoms with Crippen molar-refractivity contribution < 1.29 is 4.39 Å². The van der Waals surface area contributed by atoms with Crippen LogP contribution in [0.4, 0.5) is 4.39 Å². The molecule has 0 amide bonds. The van der Waals surface area contributed by atoms with Crippen LogP contribution in [-0.4, -0.2) is 16.8 Å². The maximum absolute atomic E-state index is 13.7. The van der Waals surface area contributed by atoms with Gasteiger partial charge in [-0.15, -0.1) is 0 Å². The second-order valence-electron chi connectivity index (χ2n) is 6.97. The maximum Gasteiger partial charge on any atom is 0.194 e. The van der Waals surface area contributed by atoms with Gasteiger partial charge in [-0.05, 0) is 19.1 Å². The summed E-state index contributed by atoms with van der Waals surface area (Å²) >= 11 is 0. The molecule has 0 spiro atoms. The Morgan fingerprint density at radius 2 is 1.66 bits per heavy atom. The van der Waals surface area contributed by atoms with Crippen LogP contribution >= 0.6 is 0 Å². The molecule has 5 rings (SSSR count). The molecule has 4 nitrogen and oxygen atoms in total. The van der Waals surface area contributed by atoms with E-state index in [1.807, 2.05) is 67.6 Å². The van der Waals surface area contributed by atoms with E-state index in [4.69, 9.17) is 5.73 Å². The van der Waals surface area contributed by atoms with E-state index in [1.165, 1.54) is 12.3 Å². The summed E-state index contributed by atoms with van der Waals surface area (Å²) in [4.78, 5) is 16.8. The Hall–Kier alpha value is -3.57. The SMILES string of the molecule is C=C1C=C(c2ccccc2)N=C2C(C(C)N)=CC(F)=CN12.O=c1c2ccccc12. The van der Waals surface area contributed by atoms with Crippen LogP contribution in [0.5, 0.6) is 0 Å². The Morgan fingerprint density at radius 1 is 1.03 bits per heavy atom. The van der Waals surface area contributed by atoms with Crippen molar-refractivity contribution in [2.24, 2.45) is 10.7 Å². The smallest absolute Gasteiger partial charge is 0.194 e. The molecular formula is C24H20FN3O. The molecule has 1 atom stereocenters. The van der Waals surface area contributed by atoms with E-state index in [0.717, 1.165) is 22.0 Å². The highest BCUT2D eigenvalue weighted by atomic mass is 19.1. The zero-order chi connectivity index (χ0) is 20.5. The first-order chi connectivity index (χ1) is 14.0. The number of hydrogen-bond acceptors (Lipinski definition) is 4. The molecule has 2 aliphatic rings. The quantitative estimate of drug-likeness (QED) is 0.710. The van der Waals surface area contributed by atoms with Crippen molar-refractivity contribution in [1.82, 2.24) is 4.90 Å². The van der Waals surface area contributed by atoms with Crippen LogP contribution in [0.25, 0.3) is 16.5 Å². The largest absolute Gasteiger partial charge is 0.324 e. The summed E-state index contributed by atoms with van der Waals surface area (Å²) < 4.78 is 13.7. The first kappa shape index (κ1) is 18.8. The summed E-state index contributed by atoms with van der Waals surface area (Å²) in [6.45, 7) is 5.81. The number of benzene rings is 2. The first-order valence-electron chi connectivity index (χ1n) is 9.28. The van der Waals surface area contributed by atoms with Crippen LogP contribution in [-0.2, 0) is 0 Å². The summed E-state index contributed by atoms with van der Waals surface area (Å²) in [6, 6.07) is 17.0. The summed E-state index contributed by atoms with van der Waals surface area (Å²) in [7, 11) is 0. The van der Waals surface area contributed by atoms with E-state index >= 15 is 0 Å². The van der Waals surface area contributed by atoms with Crippen molar-refractivity contribution in [3.8, 4) is 0 Å². The van der Waals surface area contributed by atoms with Crippen molar-refractivity contribution in [1.29, 1.82) is 0 Å². The molecule has 2 aliphatic heterocycles. The van der Waals surface area contributed by atoms with Crippen molar-refractivity contribution in [2.45, 2.75) is 13.0 Å². The highest BCUT2D eigenvalue weighted by molar-refractivity contribution is 6.06. The highest BCUT2D eigenvalue weighted by Gasteiger charge is 2.27. The number of fused-ring (bicyclic) bond motifs is 2. The molecule has 0 aliphatic carbocycles. The number of allylic oxidation sites excluding steroid dienone is 3. The van der Waals surface area contributed by atoms with Crippen molar-refractivity contribution >= 4 is 22.3 Å². The number of nitrogens with two attached hydrogens (primary N) is 1. The van der Waals surface area contributed by atoms with Gasteiger partial charge < -0.3 is 5.73 Å². The minimum absolute atomic E-state index is 0.218. The summed E-state index contributed by atoms with van der Waals surface area (Å²) in [5, 5.41) is 1.79. The van der Waals surface area contributed by atoms with Gasteiger partial charge in [-0.25, -0.2) is 9.38 Å². The zero-order valence-corrected chi connectivity index (χ0v) is 16.0. The maximum atomic E-state index is 13.7. The third kappa shape index (κ3) is 3.73. The molecule has 2 N–H and O–H groups in total. The second-order valence-corrected chi connectivity index (χ2v) is 6.97. The molecular weight excluding hydrogens is 365 g/mol. The monoisotopic (exact) mass is 385 g/mol. The van der Waals surface area contributed by atoms with Crippen LogP contribution < -0.4 is 11.2 Å². The average Bonchev–Trinajstić information content (AvgIpc) is 3.39. The van der Waals surface area contributed by atoms with Crippen LogP contribution in [0.1, 0.15) is 12.5 Å². The standard InChI is InChI=1S/C17H16FN3.C7H4O/c1-11-8-16(13-6-4-3-5-7-13)20-17-15(12(2)19)9-14(18)10-21(11)17;8-7-5-3-1-2-4-6(5)7/h3-10,12H,1,19H2,2H3;1-4H. The molecule has 5 heteroatoms. The number of amidine groups is 1. The number of nitrogens with zero attached hydrogens (tertiary/aromatic N) is 2. The summed E-state index contributed by atoms with van der Waals surface area (Å²) in [5.74, 6) is 0.289. The summed E-state index contributed by atoms with van der Waals surface area (Å²) in [5.41, 5.74) is 9.29. The lowest BCUT2D eigenvalue weighted by Crippen LogP contribution is -2.37. The lowest BCUT2D eigenvalue weighted by atomic mass is 10.0. The van der Waals surface area contributed by atoms with Gasteiger partial charge >= 0.3 is 0 Å². The first-order valence-corrected chi connectivity index (χ1v) is 9.28. The molecule has 29 heavy (non-hydrogen) atoms. The summed E-state index contributed by atoms with van der Waals surface area (Å²) in [6.07, 6.45) is 4.65. The Balaban J connectivity index is 0.000000211.